The molecule has 19 heteroatoms. The lowest BCUT2D eigenvalue weighted by atomic mass is 9.99. The van der Waals surface area contributed by atoms with Gasteiger partial charge in [-0.25, -0.2) is 9.13 Å². The van der Waals surface area contributed by atoms with Gasteiger partial charge < -0.3 is 33.8 Å². The standard InChI is InChI=1S/C82H160O17P2/c1-9-74(7)60-52-44-36-30-23-19-15-13-11-12-14-16-20-25-32-38-48-56-64-81(86)99-78(69-93-80(85)63-55-47-41-40-45-53-61-75(8)10-2)71-97-101(90,91)95-67-76(83)66-94-100(88,89)96-70-77(98-82(87)65-57-49-39-33-27-26-29-35-43-51-59-73(5)6)68-92-79(84)62-54-46-37-31-24-21-17-18-22-28-34-42-50-58-72(3)4/h72-78,83H,9-71H2,1-8H3,(H,88,89)(H,90,91)/t74?,75?,76-,77-,78-/m1/s1. The molecular weight excluding hydrogens is 1320 g/mol. The van der Waals surface area contributed by atoms with E-state index in [1.807, 2.05) is 0 Å². The third-order valence-electron chi connectivity index (χ3n) is 19.8. The van der Waals surface area contributed by atoms with E-state index in [0.29, 0.717) is 25.7 Å². The summed E-state index contributed by atoms with van der Waals surface area (Å²) in [6.07, 6.45) is 58.3. The van der Waals surface area contributed by atoms with Crippen LogP contribution < -0.4 is 0 Å². The summed E-state index contributed by atoms with van der Waals surface area (Å²) >= 11 is 0. The van der Waals surface area contributed by atoms with Gasteiger partial charge in [-0.15, -0.1) is 0 Å². The third-order valence-corrected chi connectivity index (χ3v) is 21.7. The van der Waals surface area contributed by atoms with Crippen LogP contribution in [0, 0.1) is 23.7 Å². The molecule has 600 valence electrons. The number of aliphatic hydroxyl groups is 1. The van der Waals surface area contributed by atoms with Gasteiger partial charge in [0.1, 0.15) is 19.3 Å². The molecule has 0 heterocycles. The smallest absolute Gasteiger partial charge is 0.462 e. The number of phosphoric acid groups is 2. The van der Waals surface area contributed by atoms with Crippen molar-refractivity contribution in [3.8, 4) is 0 Å². The SMILES string of the molecule is CCC(C)CCCCCCCCCCCCCCCCCCCCC(=O)O[C@H](COC(=O)CCCCCCCCC(C)CC)COP(=O)(O)OC[C@H](O)COP(=O)(O)OC[C@@H](COC(=O)CCCCCCCCCCCCCCCC(C)C)OC(=O)CCCCCCCCCCCCC(C)C. The van der Waals surface area contributed by atoms with E-state index in [2.05, 4.69) is 55.4 Å². The normalized spacial score (nSPS) is 14.5. The quantitative estimate of drug-likeness (QED) is 0.0222. The number of ether oxygens (including phenoxy) is 4. The van der Waals surface area contributed by atoms with E-state index in [4.69, 9.17) is 37.0 Å². The molecule has 101 heavy (non-hydrogen) atoms. The predicted molar refractivity (Wildman–Crippen MR) is 414 cm³/mol. The molecule has 0 spiro atoms. The summed E-state index contributed by atoms with van der Waals surface area (Å²) in [5, 5.41) is 10.6. The molecule has 17 nitrogen and oxygen atoms in total. The molecule has 0 radical (unpaired) electrons. The molecule has 0 aromatic rings. The minimum Gasteiger partial charge on any atom is -0.462 e. The summed E-state index contributed by atoms with van der Waals surface area (Å²) in [6.45, 7) is 14.3. The second-order valence-corrected chi connectivity index (χ2v) is 33.9. The van der Waals surface area contributed by atoms with Crippen molar-refractivity contribution in [3.05, 3.63) is 0 Å². The Hall–Kier alpha value is -1.94. The zero-order valence-corrected chi connectivity index (χ0v) is 68.3. The van der Waals surface area contributed by atoms with E-state index in [-0.39, 0.29) is 25.7 Å². The Morgan fingerprint density at radius 3 is 0.703 bits per heavy atom. The van der Waals surface area contributed by atoms with Crippen LogP contribution in [0.3, 0.4) is 0 Å². The molecule has 0 aliphatic heterocycles. The average Bonchev–Trinajstić information content (AvgIpc) is 0.949. The van der Waals surface area contributed by atoms with Crippen LogP contribution in [0.25, 0.3) is 0 Å². The molecule has 4 unspecified atom stereocenters. The fourth-order valence-corrected chi connectivity index (χ4v) is 14.1. The van der Waals surface area contributed by atoms with E-state index in [9.17, 15) is 43.2 Å². The van der Waals surface area contributed by atoms with E-state index in [1.165, 1.54) is 218 Å². The minimum absolute atomic E-state index is 0.106. The van der Waals surface area contributed by atoms with Crippen LogP contribution in [0.1, 0.15) is 421 Å². The van der Waals surface area contributed by atoms with Crippen LogP contribution in [-0.4, -0.2) is 96.7 Å². The number of carbonyl (C=O) groups excluding carboxylic acids is 4. The van der Waals surface area contributed by atoms with Crippen molar-refractivity contribution < 1.29 is 80.2 Å². The number of esters is 4. The largest absolute Gasteiger partial charge is 0.472 e. The Morgan fingerprint density at radius 2 is 0.475 bits per heavy atom. The Bertz CT molecular complexity index is 1980. The number of hydrogen-bond acceptors (Lipinski definition) is 15. The molecule has 0 bridgehead atoms. The molecule has 0 aliphatic rings. The first kappa shape index (κ1) is 99.1. The molecule has 0 aromatic heterocycles. The van der Waals surface area contributed by atoms with Gasteiger partial charge in [0.15, 0.2) is 12.2 Å². The highest BCUT2D eigenvalue weighted by atomic mass is 31.2. The van der Waals surface area contributed by atoms with E-state index >= 15 is 0 Å². The number of hydrogen-bond donors (Lipinski definition) is 3. The second kappa shape index (κ2) is 71.0. The van der Waals surface area contributed by atoms with E-state index < -0.39 is 97.5 Å². The first-order valence-corrected chi connectivity index (χ1v) is 45.3. The topological polar surface area (TPSA) is 237 Å². The maximum absolute atomic E-state index is 13.1. The second-order valence-electron chi connectivity index (χ2n) is 31.0. The van der Waals surface area contributed by atoms with Crippen molar-refractivity contribution in [2.75, 3.05) is 39.6 Å². The van der Waals surface area contributed by atoms with Crippen molar-refractivity contribution in [3.63, 3.8) is 0 Å². The summed E-state index contributed by atoms with van der Waals surface area (Å²) in [5.74, 6) is 1.03. The van der Waals surface area contributed by atoms with E-state index in [1.54, 1.807) is 0 Å². The van der Waals surface area contributed by atoms with Crippen LogP contribution in [0.4, 0.5) is 0 Å². The van der Waals surface area contributed by atoms with Crippen molar-refractivity contribution in [1.82, 2.24) is 0 Å². The highest BCUT2D eigenvalue weighted by molar-refractivity contribution is 7.47. The number of carbonyl (C=O) groups is 4. The molecule has 0 rings (SSSR count). The first-order valence-electron chi connectivity index (χ1n) is 42.3. The van der Waals surface area contributed by atoms with Crippen LogP contribution in [0.2, 0.25) is 0 Å². The van der Waals surface area contributed by atoms with Gasteiger partial charge >= 0.3 is 39.5 Å². The molecule has 0 fully saturated rings. The lowest BCUT2D eigenvalue weighted by molar-refractivity contribution is -0.161. The highest BCUT2D eigenvalue weighted by Gasteiger charge is 2.30. The van der Waals surface area contributed by atoms with Crippen LogP contribution >= 0.6 is 15.6 Å². The molecule has 3 N–H and O–H groups in total. The maximum Gasteiger partial charge on any atom is 0.472 e. The third kappa shape index (κ3) is 73.4. The maximum atomic E-state index is 13.1. The van der Waals surface area contributed by atoms with Crippen molar-refractivity contribution in [2.45, 2.75) is 440 Å². The molecule has 0 aliphatic carbocycles. The zero-order valence-electron chi connectivity index (χ0n) is 66.5. The van der Waals surface area contributed by atoms with Crippen molar-refractivity contribution >= 4 is 39.5 Å². The van der Waals surface area contributed by atoms with E-state index in [0.717, 1.165) is 120 Å². The molecular formula is C82H160O17P2. The lowest BCUT2D eigenvalue weighted by Crippen LogP contribution is -2.30. The van der Waals surface area contributed by atoms with Crippen molar-refractivity contribution in [1.29, 1.82) is 0 Å². The number of unbranched alkanes of at least 4 members (excludes halogenated alkanes) is 43. The fourth-order valence-electron chi connectivity index (χ4n) is 12.5. The Kier molecular flexibility index (Phi) is 69.6. The summed E-state index contributed by atoms with van der Waals surface area (Å²) < 4.78 is 68.7. The Morgan fingerprint density at radius 1 is 0.277 bits per heavy atom. The molecule has 0 saturated carbocycles. The zero-order chi connectivity index (χ0) is 74.6. The summed E-state index contributed by atoms with van der Waals surface area (Å²) in [4.78, 5) is 73.0. The van der Waals surface area contributed by atoms with Crippen LogP contribution in [0.15, 0.2) is 0 Å². The molecule has 7 atom stereocenters. The molecule has 0 amide bonds. The van der Waals surface area contributed by atoms with Gasteiger partial charge in [0.2, 0.25) is 0 Å². The number of rotatable bonds is 79. The first-order chi connectivity index (χ1) is 48.7. The summed E-state index contributed by atoms with van der Waals surface area (Å²) in [7, 11) is -9.92. The predicted octanol–water partition coefficient (Wildman–Crippen LogP) is 24.4. The Balaban J connectivity index is 5.19. The molecule has 0 aromatic carbocycles. The van der Waals surface area contributed by atoms with Gasteiger partial charge in [0.25, 0.3) is 0 Å². The molecule has 0 saturated heterocycles. The van der Waals surface area contributed by atoms with Gasteiger partial charge in [-0.05, 0) is 49.4 Å². The monoisotopic (exact) mass is 1480 g/mol. The van der Waals surface area contributed by atoms with Gasteiger partial charge in [-0.2, -0.15) is 0 Å². The Labute approximate surface area is 619 Å². The number of aliphatic hydroxyl groups excluding tert-OH is 1. The van der Waals surface area contributed by atoms with Gasteiger partial charge in [0.05, 0.1) is 26.4 Å². The average molecular weight is 1480 g/mol. The van der Waals surface area contributed by atoms with Crippen molar-refractivity contribution in [2.24, 2.45) is 23.7 Å². The van der Waals surface area contributed by atoms with Gasteiger partial charge in [-0.1, -0.05) is 370 Å². The van der Waals surface area contributed by atoms with Crippen LogP contribution in [-0.2, 0) is 65.4 Å². The summed E-state index contributed by atoms with van der Waals surface area (Å²) in [6, 6.07) is 0. The summed E-state index contributed by atoms with van der Waals surface area (Å²) in [5.41, 5.74) is 0. The van der Waals surface area contributed by atoms with Gasteiger partial charge in [0, 0.05) is 25.7 Å². The van der Waals surface area contributed by atoms with Gasteiger partial charge in [-0.3, -0.25) is 37.3 Å². The minimum atomic E-state index is -4.96. The number of phosphoric ester groups is 2. The fraction of sp³-hybridized carbons (Fsp3) is 0.951. The van der Waals surface area contributed by atoms with Crippen LogP contribution in [0.5, 0.6) is 0 Å². The lowest BCUT2D eigenvalue weighted by Gasteiger charge is -2.21. The highest BCUT2D eigenvalue weighted by Crippen LogP contribution is 2.45.